The second-order valence-corrected chi connectivity index (χ2v) is 2.80. The molecular formula is C9H11Br. The van der Waals surface area contributed by atoms with Crippen molar-refractivity contribution in [2.45, 2.75) is 19.6 Å². The summed E-state index contributed by atoms with van der Waals surface area (Å²) in [6, 6.07) is 5.85. The molecule has 0 N–H and O–H groups in total. The summed E-state index contributed by atoms with van der Waals surface area (Å²) < 4.78 is 52.4. The average Bonchev–Trinajstić information content (AvgIpc) is 2.12. The van der Waals surface area contributed by atoms with Crippen molar-refractivity contribution in [1.29, 1.82) is 0 Å². The van der Waals surface area contributed by atoms with Gasteiger partial charge in [-0.05, 0) is 23.6 Å². The van der Waals surface area contributed by atoms with Crippen molar-refractivity contribution >= 4 is 15.9 Å². The largest absolute Gasteiger partial charge is 0.0609 e. The summed E-state index contributed by atoms with van der Waals surface area (Å²) in [6.07, 6.45) is 0. The molecule has 0 saturated carbocycles. The molecule has 54 valence electrons. The van der Waals surface area contributed by atoms with E-state index >= 15 is 0 Å². The molecule has 0 radical (unpaired) electrons. The summed E-state index contributed by atoms with van der Waals surface area (Å²) in [5.74, 6) is -2.62. The topological polar surface area (TPSA) is 0 Å². The molecule has 1 aromatic carbocycles. The van der Waals surface area contributed by atoms with Gasteiger partial charge in [-0.3, -0.25) is 0 Å². The molecule has 1 rings (SSSR count). The molecule has 0 amide bonds. The van der Waals surface area contributed by atoms with E-state index in [4.69, 9.17) is 9.60 Å². The summed E-state index contributed by atoms with van der Waals surface area (Å²) in [6.45, 7) is -5.86. The summed E-state index contributed by atoms with van der Waals surface area (Å²) in [7, 11) is 0. The SMILES string of the molecule is [2H]C([2H])([2H])C([2H])(c1cccc(Br)c1)C([2H])([2H])[2H]. The highest BCUT2D eigenvalue weighted by molar-refractivity contribution is 9.10. The minimum absolute atomic E-state index is 0.0492. The standard InChI is InChI=1S/C9H11Br/c1-7(2)8-4-3-5-9(10)6-8/h3-7H,1-2H3/i1D3,2D3,7D. The van der Waals surface area contributed by atoms with Crippen LogP contribution in [0.15, 0.2) is 28.7 Å². The van der Waals surface area contributed by atoms with Gasteiger partial charge in [0.2, 0.25) is 0 Å². The van der Waals surface area contributed by atoms with Gasteiger partial charge in [0.05, 0.1) is 0 Å². The lowest BCUT2D eigenvalue weighted by Gasteiger charge is -2.03. The second kappa shape index (κ2) is 3.20. The van der Waals surface area contributed by atoms with Crippen LogP contribution in [0.3, 0.4) is 0 Å². The van der Waals surface area contributed by atoms with Gasteiger partial charge in [-0.25, -0.2) is 0 Å². The Morgan fingerprint density at radius 2 is 2.40 bits per heavy atom. The van der Waals surface area contributed by atoms with E-state index in [1.807, 2.05) is 0 Å². The molecule has 0 nitrogen and oxygen atoms in total. The van der Waals surface area contributed by atoms with Crippen LogP contribution in [0.25, 0.3) is 0 Å². The maximum absolute atomic E-state index is 7.92. The fourth-order valence-electron chi connectivity index (χ4n) is 0.644. The van der Waals surface area contributed by atoms with Crippen LogP contribution < -0.4 is 0 Å². The third kappa shape index (κ3) is 1.84. The zero-order valence-electron chi connectivity index (χ0n) is 12.2. The molecule has 0 aliphatic carbocycles. The number of hydrogen-bond acceptors (Lipinski definition) is 0. The number of hydrogen-bond donors (Lipinski definition) is 0. The molecule has 0 aromatic heterocycles. The minimum atomic E-state index is -2.93. The molecule has 10 heavy (non-hydrogen) atoms. The Balaban J connectivity index is 3.46. The zero-order valence-corrected chi connectivity index (χ0v) is 6.77. The summed E-state index contributed by atoms with van der Waals surface area (Å²) in [5.41, 5.74) is -0.0492. The van der Waals surface area contributed by atoms with Gasteiger partial charge in [-0.15, -0.1) is 0 Å². The van der Waals surface area contributed by atoms with E-state index in [1.54, 1.807) is 6.07 Å². The van der Waals surface area contributed by atoms with Crippen molar-refractivity contribution in [3.05, 3.63) is 34.3 Å². The van der Waals surface area contributed by atoms with Gasteiger partial charge in [0.1, 0.15) is 0 Å². The van der Waals surface area contributed by atoms with E-state index in [-0.39, 0.29) is 5.56 Å². The molecular weight excluding hydrogens is 188 g/mol. The Morgan fingerprint density at radius 3 is 3.00 bits per heavy atom. The normalized spacial score (nSPS) is 24.3. The Labute approximate surface area is 80.2 Å². The molecule has 0 spiro atoms. The maximum atomic E-state index is 7.92. The lowest BCUT2D eigenvalue weighted by atomic mass is 10.0. The zero-order chi connectivity index (χ0) is 13.5. The van der Waals surface area contributed by atoms with E-state index < -0.39 is 19.6 Å². The van der Waals surface area contributed by atoms with E-state index in [2.05, 4.69) is 15.9 Å². The first-order valence-electron chi connectivity index (χ1n) is 6.26. The molecule has 1 heteroatoms. The smallest absolute Gasteiger partial charge is 0.0347 e. The molecule has 0 atom stereocenters. The summed E-state index contributed by atoms with van der Waals surface area (Å²) in [5, 5.41) is 0. The first-order valence-corrected chi connectivity index (χ1v) is 3.55. The molecule has 0 aliphatic rings. The number of rotatable bonds is 1. The third-order valence-electron chi connectivity index (χ3n) is 1.11. The van der Waals surface area contributed by atoms with Crippen LogP contribution in [-0.2, 0) is 0 Å². The molecule has 0 saturated heterocycles. The van der Waals surface area contributed by atoms with Crippen LogP contribution in [0.1, 0.15) is 34.8 Å². The predicted octanol–water partition coefficient (Wildman–Crippen LogP) is 3.57. The van der Waals surface area contributed by atoms with Gasteiger partial charge in [-0.2, -0.15) is 0 Å². The van der Waals surface area contributed by atoms with Crippen LogP contribution in [0, 0.1) is 0 Å². The van der Waals surface area contributed by atoms with Crippen LogP contribution in [-0.4, -0.2) is 0 Å². The monoisotopic (exact) mass is 205 g/mol. The van der Waals surface area contributed by atoms with Crippen LogP contribution >= 0.6 is 15.9 Å². The summed E-state index contributed by atoms with van der Waals surface area (Å²) in [4.78, 5) is 0. The Bertz CT molecular complexity index is 393. The van der Waals surface area contributed by atoms with Gasteiger partial charge in [0.15, 0.2) is 0 Å². The first-order chi connectivity index (χ1) is 7.50. The van der Waals surface area contributed by atoms with E-state index in [0.29, 0.717) is 4.47 Å². The molecule has 0 fully saturated rings. The van der Waals surface area contributed by atoms with Crippen LogP contribution in [0.5, 0.6) is 0 Å². The van der Waals surface area contributed by atoms with Crippen LogP contribution in [0.4, 0.5) is 0 Å². The highest BCUT2D eigenvalue weighted by Crippen LogP contribution is 2.18. The predicted molar refractivity (Wildman–Crippen MR) is 48.2 cm³/mol. The van der Waals surface area contributed by atoms with Gasteiger partial charge in [-0.1, -0.05) is 41.8 Å². The number of benzene rings is 1. The number of halogens is 1. The third-order valence-corrected chi connectivity index (χ3v) is 1.61. The fraction of sp³-hybridized carbons (Fsp3) is 0.333. The molecule has 0 heterocycles. The second-order valence-electron chi connectivity index (χ2n) is 1.89. The van der Waals surface area contributed by atoms with Gasteiger partial charge in [0.25, 0.3) is 0 Å². The van der Waals surface area contributed by atoms with E-state index in [0.717, 1.165) is 0 Å². The average molecular weight is 206 g/mol. The maximum Gasteiger partial charge on any atom is 0.0347 e. The summed E-state index contributed by atoms with van der Waals surface area (Å²) >= 11 is 3.14. The fourth-order valence-corrected chi connectivity index (χ4v) is 1.04. The van der Waals surface area contributed by atoms with Crippen molar-refractivity contribution in [3.8, 4) is 0 Å². The van der Waals surface area contributed by atoms with Gasteiger partial charge >= 0.3 is 0 Å². The first kappa shape index (κ1) is 2.63. The molecule has 0 unspecified atom stereocenters. The Hall–Kier alpha value is -0.300. The molecule has 1 aromatic rings. The highest BCUT2D eigenvalue weighted by Gasteiger charge is 1.96. The van der Waals surface area contributed by atoms with Crippen molar-refractivity contribution in [2.75, 3.05) is 0 Å². The van der Waals surface area contributed by atoms with Crippen LogP contribution in [0.2, 0.25) is 0 Å². The van der Waals surface area contributed by atoms with Crippen molar-refractivity contribution < 1.29 is 9.60 Å². The van der Waals surface area contributed by atoms with E-state index in [9.17, 15) is 0 Å². The Kier molecular flexibility index (Phi) is 0.842. The lowest BCUT2D eigenvalue weighted by Crippen LogP contribution is -1.84. The quantitative estimate of drug-likeness (QED) is 0.658. The molecule has 0 aliphatic heterocycles. The highest BCUT2D eigenvalue weighted by atomic mass is 79.9. The van der Waals surface area contributed by atoms with Crippen molar-refractivity contribution in [3.63, 3.8) is 0 Å². The lowest BCUT2D eigenvalue weighted by molar-refractivity contribution is 0.866. The minimum Gasteiger partial charge on any atom is -0.0609 e. The van der Waals surface area contributed by atoms with Gasteiger partial charge < -0.3 is 0 Å². The molecule has 0 bridgehead atoms. The van der Waals surface area contributed by atoms with Crippen molar-refractivity contribution in [1.82, 2.24) is 0 Å². The van der Waals surface area contributed by atoms with E-state index in [1.165, 1.54) is 18.2 Å². The van der Waals surface area contributed by atoms with Gasteiger partial charge in [0, 0.05) is 14.1 Å². The van der Waals surface area contributed by atoms with Crippen molar-refractivity contribution in [2.24, 2.45) is 0 Å². The Morgan fingerprint density at radius 1 is 1.60 bits per heavy atom.